The number of Topliss-reactive ketones (excluding diaryl/α,β-unsaturated/α-hetero) is 1. The van der Waals surface area contributed by atoms with Crippen LogP contribution < -0.4 is 0 Å². The Bertz CT molecular complexity index is 1010. The van der Waals surface area contributed by atoms with Gasteiger partial charge in [-0.05, 0) is 42.3 Å². The number of para-hydroxylation sites is 1. The molecule has 28 heavy (non-hydrogen) atoms. The minimum absolute atomic E-state index is 0.0474. The smallest absolute Gasteiger partial charge is 0.259 e. The number of benzene rings is 2. The summed E-state index contributed by atoms with van der Waals surface area (Å²) in [5, 5.41) is 1.08. The van der Waals surface area contributed by atoms with Gasteiger partial charge >= 0.3 is 0 Å². The molecule has 1 unspecified atom stereocenters. The molecule has 0 fully saturated rings. The summed E-state index contributed by atoms with van der Waals surface area (Å²) < 4.78 is 0. The lowest BCUT2D eigenvalue weighted by Gasteiger charge is -2.25. The van der Waals surface area contributed by atoms with E-state index in [9.17, 15) is 9.59 Å². The number of aliphatic imine (C=N–C) groups is 2. The van der Waals surface area contributed by atoms with Gasteiger partial charge in [-0.1, -0.05) is 49.3 Å². The molecule has 0 aliphatic carbocycles. The van der Waals surface area contributed by atoms with Crippen molar-refractivity contribution in [2.24, 2.45) is 15.9 Å². The molecule has 2 aromatic carbocycles. The van der Waals surface area contributed by atoms with Crippen molar-refractivity contribution < 1.29 is 9.59 Å². The fourth-order valence-corrected chi connectivity index (χ4v) is 4.17. The Kier molecular flexibility index (Phi) is 5.08. The molecule has 0 saturated carbocycles. The number of carbonyl (C=O) groups is 2. The van der Waals surface area contributed by atoms with Gasteiger partial charge in [0.1, 0.15) is 11.9 Å². The second-order valence-corrected chi connectivity index (χ2v) is 8.32. The van der Waals surface area contributed by atoms with E-state index in [0.29, 0.717) is 21.6 Å². The van der Waals surface area contributed by atoms with Gasteiger partial charge < -0.3 is 0 Å². The van der Waals surface area contributed by atoms with Crippen LogP contribution in [0.15, 0.2) is 58.5 Å². The Balaban J connectivity index is 1.62. The number of thioether (sulfide) groups is 1. The lowest BCUT2D eigenvalue weighted by Crippen LogP contribution is -2.42. The first-order valence-corrected chi connectivity index (χ1v) is 10.3. The highest BCUT2D eigenvalue weighted by Crippen LogP contribution is 2.34. The molecule has 0 aromatic heterocycles. The van der Waals surface area contributed by atoms with E-state index in [-0.39, 0.29) is 23.4 Å². The topological polar surface area (TPSA) is 62.1 Å². The highest BCUT2D eigenvalue weighted by molar-refractivity contribution is 8.14. The first-order chi connectivity index (χ1) is 13.5. The van der Waals surface area contributed by atoms with E-state index in [2.05, 4.69) is 9.98 Å². The van der Waals surface area contributed by atoms with E-state index in [1.807, 2.05) is 38.1 Å². The van der Waals surface area contributed by atoms with Gasteiger partial charge in [-0.25, -0.2) is 9.89 Å². The molecule has 142 valence electrons. The predicted molar refractivity (Wildman–Crippen MR) is 114 cm³/mol. The first-order valence-electron chi connectivity index (χ1n) is 8.97. The first kappa shape index (κ1) is 18.9. The molecule has 2 heterocycles. The van der Waals surface area contributed by atoms with Crippen molar-refractivity contribution in [3.63, 3.8) is 0 Å². The molecule has 2 aliphatic rings. The summed E-state index contributed by atoms with van der Waals surface area (Å²) in [5.41, 5.74) is 2.18. The summed E-state index contributed by atoms with van der Waals surface area (Å²) in [6, 6.07) is 14.0. The van der Waals surface area contributed by atoms with Crippen molar-refractivity contribution in [1.82, 2.24) is 4.90 Å². The number of nitrogens with zero attached hydrogens (tertiary/aromatic N) is 3. The third-order valence-corrected chi connectivity index (χ3v) is 5.82. The third kappa shape index (κ3) is 3.38. The van der Waals surface area contributed by atoms with Crippen LogP contribution in [0.2, 0.25) is 5.02 Å². The van der Waals surface area contributed by atoms with E-state index in [1.54, 1.807) is 29.2 Å². The Labute approximate surface area is 172 Å². The number of rotatable bonds is 4. The van der Waals surface area contributed by atoms with Crippen LogP contribution in [0, 0.1) is 5.92 Å². The summed E-state index contributed by atoms with van der Waals surface area (Å²) in [6.07, 6.45) is 0. The second-order valence-electron chi connectivity index (χ2n) is 6.95. The van der Waals surface area contributed by atoms with Gasteiger partial charge in [-0.3, -0.25) is 14.6 Å². The minimum Gasteiger partial charge on any atom is -0.293 e. The van der Waals surface area contributed by atoms with Crippen LogP contribution in [-0.4, -0.2) is 39.4 Å². The predicted octanol–water partition coefficient (Wildman–Crippen LogP) is 4.57. The average Bonchev–Trinajstić information content (AvgIpc) is 3.04. The fourth-order valence-electron chi connectivity index (χ4n) is 3.15. The van der Waals surface area contributed by atoms with Crippen LogP contribution in [0.4, 0.5) is 5.69 Å². The summed E-state index contributed by atoms with van der Waals surface area (Å²) in [4.78, 5) is 36.4. The van der Waals surface area contributed by atoms with Gasteiger partial charge in [0.05, 0.1) is 11.4 Å². The van der Waals surface area contributed by atoms with E-state index in [0.717, 1.165) is 11.3 Å². The van der Waals surface area contributed by atoms with E-state index < -0.39 is 6.04 Å². The number of fused-ring (bicyclic) bond motifs is 3. The van der Waals surface area contributed by atoms with E-state index in [1.165, 1.54) is 11.8 Å². The van der Waals surface area contributed by atoms with Gasteiger partial charge in [-0.2, -0.15) is 0 Å². The van der Waals surface area contributed by atoms with Crippen molar-refractivity contribution in [3.05, 3.63) is 64.7 Å². The van der Waals surface area contributed by atoms with Gasteiger partial charge in [0.15, 0.2) is 11.0 Å². The zero-order chi connectivity index (χ0) is 19.8. The van der Waals surface area contributed by atoms with Crippen molar-refractivity contribution in [2.75, 3.05) is 5.75 Å². The molecule has 0 N–H and O–H groups in total. The number of amidine groups is 2. The number of amides is 1. The maximum Gasteiger partial charge on any atom is 0.259 e. The van der Waals surface area contributed by atoms with Crippen LogP contribution in [0.5, 0.6) is 0 Å². The zero-order valence-electron chi connectivity index (χ0n) is 15.4. The van der Waals surface area contributed by atoms with Gasteiger partial charge in [0.25, 0.3) is 5.91 Å². The SMILES string of the molecule is CC(C)C1N=C2c3ccccc3N=C(SCC(=O)c3ccc(Cl)cc3)N2C1=O. The lowest BCUT2D eigenvalue weighted by atomic mass is 10.1. The molecule has 0 spiro atoms. The van der Waals surface area contributed by atoms with Crippen molar-refractivity contribution in [2.45, 2.75) is 19.9 Å². The summed E-state index contributed by atoms with van der Waals surface area (Å²) in [5.74, 6) is 0.736. The zero-order valence-corrected chi connectivity index (χ0v) is 17.0. The Morgan fingerprint density at radius 3 is 2.61 bits per heavy atom. The number of halogens is 1. The van der Waals surface area contributed by atoms with Crippen LogP contribution in [-0.2, 0) is 4.79 Å². The van der Waals surface area contributed by atoms with Crippen LogP contribution in [0.3, 0.4) is 0 Å². The van der Waals surface area contributed by atoms with Crippen molar-refractivity contribution in [1.29, 1.82) is 0 Å². The molecule has 0 bridgehead atoms. The number of hydrogen-bond acceptors (Lipinski definition) is 5. The van der Waals surface area contributed by atoms with E-state index in [4.69, 9.17) is 11.6 Å². The standard InChI is InChI=1S/C21H18ClN3O2S/c1-12(2)18-20(27)25-19(24-18)15-5-3-4-6-16(15)23-21(25)28-11-17(26)13-7-9-14(22)10-8-13/h3-10,12,18H,11H2,1-2H3. The summed E-state index contributed by atoms with van der Waals surface area (Å²) in [7, 11) is 0. The average molecular weight is 412 g/mol. The molecule has 2 aliphatic heterocycles. The molecule has 7 heteroatoms. The number of hydrogen-bond donors (Lipinski definition) is 0. The maximum atomic E-state index is 13.0. The molecular weight excluding hydrogens is 394 g/mol. The molecule has 2 aromatic rings. The highest BCUT2D eigenvalue weighted by Gasteiger charge is 2.42. The van der Waals surface area contributed by atoms with Crippen LogP contribution in [0.1, 0.15) is 29.8 Å². The van der Waals surface area contributed by atoms with Crippen LogP contribution >= 0.6 is 23.4 Å². The largest absolute Gasteiger partial charge is 0.293 e. The molecule has 5 nitrogen and oxygen atoms in total. The van der Waals surface area contributed by atoms with Crippen molar-refractivity contribution in [3.8, 4) is 0 Å². The monoisotopic (exact) mass is 411 g/mol. The summed E-state index contributed by atoms with van der Waals surface area (Å²) in [6.45, 7) is 3.95. The molecule has 1 amide bonds. The van der Waals surface area contributed by atoms with Gasteiger partial charge in [0.2, 0.25) is 0 Å². The highest BCUT2D eigenvalue weighted by atomic mass is 35.5. The Morgan fingerprint density at radius 2 is 1.89 bits per heavy atom. The van der Waals surface area contributed by atoms with Crippen molar-refractivity contribution >= 4 is 51.7 Å². The van der Waals surface area contributed by atoms with Gasteiger partial charge in [0, 0.05) is 16.1 Å². The molecule has 0 radical (unpaired) electrons. The normalized spacial score (nSPS) is 17.9. The minimum atomic E-state index is -0.432. The molecule has 1 atom stereocenters. The van der Waals surface area contributed by atoms with Gasteiger partial charge in [-0.15, -0.1) is 0 Å². The van der Waals surface area contributed by atoms with Crippen LogP contribution in [0.25, 0.3) is 0 Å². The van der Waals surface area contributed by atoms with E-state index >= 15 is 0 Å². The maximum absolute atomic E-state index is 13.0. The molecule has 4 rings (SSSR count). The lowest BCUT2D eigenvalue weighted by molar-refractivity contribution is -0.125. The summed E-state index contributed by atoms with van der Waals surface area (Å²) >= 11 is 7.14. The fraction of sp³-hybridized carbons (Fsp3) is 0.238. The quantitative estimate of drug-likeness (QED) is 0.692. The Hall–Kier alpha value is -2.44. The third-order valence-electron chi connectivity index (χ3n) is 4.63. The molecule has 0 saturated heterocycles. The Morgan fingerprint density at radius 1 is 1.18 bits per heavy atom. The number of carbonyl (C=O) groups excluding carboxylic acids is 2. The molecular formula is C21H18ClN3O2S. The number of ketones is 1. The second kappa shape index (κ2) is 7.53.